The van der Waals surface area contributed by atoms with Gasteiger partial charge in [0.2, 0.25) is 0 Å². The van der Waals surface area contributed by atoms with Crippen LogP contribution in [0.25, 0.3) is 0 Å². The zero-order chi connectivity index (χ0) is 12.5. The summed E-state index contributed by atoms with van der Waals surface area (Å²) in [5, 5.41) is 14.6. The van der Waals surface area contributed by atoms with E-state index in [2.05, 4.69) is 17.6 Å². The average molecular weight is 240 g/mol. The van der Waals surface area contributed by atoms with Crippen LogP contribution in [0.15, 0.2) is 0 Å². The molecule has 17 heavy (non-hydrogen) atoms. The van der Waals surface area contributed by atoms with Gasteiger partial charge in [-0.05, 0) is 37.5 Å². The molecule has 0 aromatic carbocycles. The predicted octanol–water partition coefficient (Wildman–Crippen LogP) is 1.34. The molecule has 96 valence electrons. The molecular formula is C12H20N2O3. The summed E-state index contributed by atoms with van der Waals surface area (Å²) in [6, 6.07) is -0.141. The van der Waals surface area contributed by atoms with Gasteiger partial charge < -0.3 is 15.7 Å². The first-order valence-electron chi connectivity index (χ1n) is 6.26. The van der Waals surface area contributed by atoms with E-state index in [1.165, 1.54) is 12.8 Å². The Morgan fingerprint density at radius 3 is 2.59 bits per heavy atom. The summed E-state index contributed by atoms with van der Waals surface area (Å²) in [4.78, 5) is 22.4. The van der Waals surface area contributed by atoms with Crippen LogP contribution in [0.5, 0.6) is 0 Å². The molecule has 2 saturated carbocycles. The Labute approximate surface area is 101 Å². The number of hydrogen-bond donors (Lipinski definition) is 3. The Kier molecular flexibility index (Phi) is 3.26. The Balaban J connectivity index is 1.67. The molecule has 0 aromatic heterocycles. The van der Waals surface area contributed by atoms with Crippen LogP contribution in [0.3, 0.4) is 0 Å². The number of aliphatic carboxylic acids is 1. The molecule has 0 saturated heterocycles. The zero-order valence-electron chi connectivity index (χ0n) is 10.2. The molecule has 2 amide bonds. The minimum atomic E-state index is -0.750. The second kappa shape index (κ2) is 4.55. The smallest absolute Gasteiger partial charge is 0.315 e. The second-order valence-corrected chi connectivity index (χ2v) is 5.68. The molecule has 2 fully saturated rings. The Bertz CT molecular complexity index is 326. The van der Waals surface area contributed by atoms with E-state index < -0.39 is 5.97 Å². The van der Waals surface area contributed by atoms with E-state index in [4.69, 9.17) is 5.11 Å². The van der Waals surface area contributed by atoms with Gasteiger partial charge in [-0.2, -0.15) is 0 Å². The second-order valence-electron chi connectivity index (χ2n) is 5.68. The Morgan fingerprint density at radius 2 is 2.06 bits per heavy atom. The number of urea groups is 1. The summed E-state index contributed by atoms with van der Waals surface area (Å²) >= 11 is 0. The monoisotopic (exact) mass is 240 g/mol. The standard InChI is InChI=1S/C12H20N2O3/c1-12(4-5-12)7-13-11(17)14-9-3-2-8(6-9)10(15)16/h8-9H,2-7H2,1H3,(H,15,16)(H2,13,14,17). The molecule has 0 bridgehead atoms. The molecule has 2 rings (SSSR count). The summed E-state index contributed by atoms with van der Waals surface area (Å²) in [5.41, 5.74) is 0.302. The van der Waals surface area contributed by atoms with E-state index in [1.807, 2.05) is 0 Å². The molecule has 0 aromatic rings. The van der Waals surface area contributed by atoms with Crippen LogP contribution in [0.1, 0.15) is 39.0 Å². The van der Waals surface area contributed by atoms with Crippen molar-refractivity contribution < 1.29 is 14.7 Å². The van der Waals surface area contributed by atoms with Crippen LogP contribution >= 0.6 is 0 Å². The number of hydrogen-bond acceptors (Lipinski definition) is 2. The number of carbonyl (C=O) groups excluding carboxylic acids is 1. The lowest BCUT2D eigenvalue weighted by Crippen LogP contribution is -2.42. The molecule has 3 N–H and O–H groups in total. The largest absolute Gasteiger partial charge is 0.481 e. The molecule has 0 aliphatic heterocycles. The molecule has 2 aliphatic rings. The Morgan fingerprint density at radius 1 is 1.35 bits per heavy atom. The van der Waals surface area contributed by atoms with Crippen molar-refractivity contribution in [2.75, 3.05) is 6.54 Å². The minimum Gasteiger partial charge on any atom is -0.481 e. The highest BCUT2D eigenvalue weighted by Gasteiger charge is 2.37. The maximum absolute atomic E-state index is 11.6. The van der Waals surface area contributed by atoms with Gasteiger partial charge in [-0.3, -0.25) is 4.79 Å². The molecule has 2 unspecified atom stereocenters. The van der Waals surface area contributed by atoms with Crippen molar-refractivity contribution in [3.8, 4) is 0 Å². The number of rotatable bonds is 4. The molecule has 2 atom stereocenters. The van der Waals surface area contributed by atoms with Crippen molar-refractivity contribution >= 4 is 12.0 Å². The number of carboxylic acid groups (broad SMARTS) is 1. The molecule has 5 heteroatoms. The van der Waals surface area contributed by atoms with Crippen molar-refractivity contribution in [3.05, 3.63) is 0 Å². The van der Waals surface area contributed by atoms with Gasteiger partial charge in [0.05, 0.1) is 5.92 Å². The van der Waals surface area contributed by atoms with E-state index in [9.17, 15) is 9.59 Å². The van der Waals surface area contributed by atoms with Gasteiger partial charge in [0.15, 0.2) is 0 Å². The fourth-order valence-electron chi connectivity index (χ4n) is 2.26. The number of carboxylic acids is 1. The van der Waals surface area contributed by atoms with Crippen LogP contribution in [-0.2, 0) is 4.79 Å². The highest BCUT2D eigenvalue weighted by Crippen LogP contribution is 2.43. The average Bonchev–Trinajstić information content (AvgIpc) is 2.81. The SMILES string of the molecule is CC1(CNC(=O)NC2CCC(C(=O)O)C2)CC1. The van der Waals surface area contributed by atoms with Gasteiger partial charge in [0.1, 0.15) is 0 Å². The maximum atomic E-state index is 11.6. The highest BCUT2D eigenvalue weighted by atomic mass is 16.4. The third-order valence-electron chi connectivity index (χ3n) is 3.90. The minimum absolute atomic E-state index is 0.0168. The third-order valence-corrected chi connectivity index (χ3v) is 3.90. The zero-order valence-corrected chi connectivity index (χ0v) is 10.2. The summed E-state index contributed by atoms with van der Waals surface area (Å²) in [5.74, 6) is -1.04. The van der Waals surface area contributed by atoms with Crippen molar-refractivity contribution in [2.24, 2.45) is 11.3 Å². The summed E-state index contributed by atoms with van der Waals surface area (Å²) < 4.78 is 0. The third kappa shape index (κ3) is 3.35. The summed E-state index contributed by atoms with van der Waals surface area (Å²) in [6.45, 7) is 2.87. The molecule has 0 radical (unpaired) electrons. The van der Waals surface area contributed by atoms with Crippen molar-refractivity contribution in [2.45, 2.75) is 45.1 Å². The summed E-state index contributed by atoms with van der Waals surface area (Å²) in [6.07, 6.45) is 4.34. The van der Waals surface area contributed by atoms with Crippen molar-refractivity contribution in [1.29, 1.82) is 0 Å². The maximum Gasteiger partial charge on any atom is 0.315 e. The number of carbonyl (C=O) groups is 2. The van der Waals surface area contributed by atoms with Crippen LogP contribution in [0.4, 0.5) is 4.79 Å². The van der Waals surface area contributed by atoms with E-state index in [-0.39, 0.29) is 18.0 Å². The predicted molar refractivity (Wildman–Crippen MR) is 62.6 cm³/mol. The van der Waals surface area contributed by atoms with Gasteiger partial charge in [-0.15, -0.1) is 0 Å². The van der Waals surface area contributed by atoms with Gasteiger partial charge in [0.25, 0.3) is 0 Å². The van der Waals surface area contributed by atoms with E-state index in [1.54, 1.807) is 0 Å². The van der Waals surface area contributed by atoms with E-state index in [0.29, 0.717) is 24.8 Å². The quantitative estimate of drug-likeness (QED) is 0.694. The number of amides is 2. The first-order valence-corrected chi connectivity index (χ1v) is 6.26. The first kappa shape index (κ1) is 12.2. The molecule has 0 spiro atoms. The lowest BCUT2D eigenvalue weighted by molar-refractivity contribution is -0.141. The summed E-state index contributed by atoms with van der Waals surface area (Å²) in [7, 11) is 0. The van der Waals surface area contributed by atoms with Crippen molar-refractivity contribution in [3.63, 3.8) is 0 Å². The van der Waals surface area contributed by atoms with Gasteiger partial charge in [-0.25, -0.2) is 4.79 Å². The molecular weight excluding hydrogens is 220 g/mol. The van der Waals surface area contributed by atoms with E-state index in [0.717, 1.165) is 6.42 Å². The van der Waals surface area contributed by atoms with Gasteiger partial charge in [-0.1, -0.05) is 6.92 Å². The van der Waals surface area contributed by atoms with Gasteiger partial charge >= 0.3 is 12.0 Å². The van der Waals surface area contributed by atoms with Gasteiger partial charge in [0, 0.05) is 12.6 Å². The van der Waals surface area contributed by atoms with E-state index >= 15 is 0 Å². The molecule has 0 heterocycles. The fraction of sp³-hybridized carbons (Fsp3) is 0.833. The van der Waals surface area contributed by atoms with Crippen LogP contribution < -0.4 is 10.6 Å². The Hall–Kier alpha value is -1.26. The number of nitrogens with one attached hydrogen (secondary N) is 2. The lowest BCUT2D eigenvalue weighted by atomic mass is 10.1. The fourth-order valence-corrected chi connectivity index (χ4v) is 2.26. The normalized spacial score (nSPS) is 29.7. The van der Waals surface area contributed by atoms with Crippen LogP contribution in [0, 0.1) is 11.3 Å². The lowest BCUT2D eigenvalue weighted by Gasteiger charge is -2.15. The first-order chi connectivity index (χ1) is 7.98. The molecule has 5 nitrogen and oxygen atoms in total. The topological polar surface area (TPSA) is 78.4 Å². The van der Waals surface area contributed by atoms with Crippen LogP contribution in [0.2, 0.25) is 0 Å². The van der Waals surface area contributed by atoms with Crippen molar-refractivity contribution in [1.82, 2.24) is 10.6 Å². The highest BCUT2D eigenvalue weighted by molar-refractivity contribution is 5.75. The molecule has 2 aliphatic carbocycles. The van der Waals surface area contributed by atoms with Crippen LogP contribution in [-0.4, -0.2) is 29.7 Å².